The van der Waals surface area contributed by atoms with Crippen LogP contribution in [0.25, 0.3) is 0 Å². The zero-order chi connectivity index (χ0) is 29.9. The fraction of sp³-hybridized carbons (Fsp3) is 0.467. The second kappa shape index (κ2) is 12.2. The van der Waals surface area contributed by atoms with Gasteiger partial charge in [-0.2, -0.15) is 0 Å². The van der Waals surface area contributed by atoms with Gasteiger partial charge in [-0.05, 0) is 75.1 Å². The Labute approximate surface area is 234 Å². The molecule has 0 spiro atoms. The first-order chi connectivity index (χ1) is 18.6. The maximum Gasteiger partial charge on any atom is 0.329 e. The summed E-state index contributed by atoms with van der Waals surface area (Å²) >= 11 is 0. The lowest BCUT2D eigenvalue weighted by Gasteiger charge is -2.44. The van der Waals surface area contributed by atoms with Gasteiger partial charge in [0.1, 0.15) is 23.2 Å². The Morgan fingerprint density at radius 1 is 0.975 bits per heavy atom. The maximum absolute atomic E-state index is 13.6. The minimum atomic E-state index is -1.14. The quantitative estimate of drug-likeness (QED) is 0.317. The molecule has 0 saturated carbocycles. The lowest BCUT2D eigenvalue weighted by atomic mass is 9.85. The summed E-state index contributed by atoms with van der Waals surface area (Å²) in [5.74, 6) is -2.53. The molecule has 0 unspecified atom stereocenters. The molecule has 216 valence electrons. The van der Waals surface area contributed by atoms with Crippen molar-refractivity contribution in [3.63, 3.8) is 0 Å². The predicted molar refractivity (Wildman–Crippen MR) is 147 cm³/mol. The van der Waals surface area contributed by atoms with Gasteiger partial charge < -0.3 is 25.8 Å². The summed E-state index contributed by atoms with van der Waals surface area (Å²) in [6.07, 6.45) is -1.07. The van der Waals surface area contributed by atoms with Crippen LogP contribution in [0, 0.1) is 17.7 Å². The number of hydrogen-bond acceptors (Lipinski definition) is 7. The number of ether oxygens (including phenoxy) is 2. The molecule has 2 amide bonds. The van der Waals surface area contributed by atoms with Gasteiger partial charge in [0.05, 0.1) is 12.1 Å². The van der Waals surface area contributed by atoms with Crippen molar-refractivity contribution in [2.24, 2.45) is 17.6 Å². The van der Waals surface area contributed by atoms with Crippen LogP contribution in [0.3, 0.4) is 0 Å². The third kappa shape index (κ3) is 6.85. The number of nitrogens with two attached hydrogens (primary N) is 1. The van der Waals surface area contributed by atoms with E-state index in [1.807, 2.05) is 0 Å². The average molecular weight is 556 g/mol. The summed E-state index contributed by atoms with van der Waals surface area (Å²) in [4.78, 5) is 51.7. The van der Waals surface area contributed by atoms with Gasteiger partial charge >= 0.3 is 5.97 Å². The lowest BCUT2D eigenvalue weighted by Crippen LogP contribution is -2.58. The zero-order valence-corrected chi connectivity index (χ0v) is 23.9. The van der Waals surface area contributed by atoms with Crippen LogP contribution in [0.4, 0.5) is 4.39 Å². The molecule has 9 nitrogen and oxygen atoms in total. The van der Waals surface area contributed by atoms with E-state index in [1.54, 1.807) is 59.7 Å². The molecule has 0 fully saturated rings. The third-order valence-electron chi connectivity index (χ3n) is 6.99. The van der Waals surface area contributed by atoms with E-state index in [-0.39, 0.29) is 23.2 Å². The van der Waals surface area contributed by atoms with Gasteiger partial charge in [-0.25, -0.2) is 9.18 Å². The highest BCUT2D eigenvalue weighted by Crippen LogP contribution is 2.42. The van der Waals surface area contributed by atoms with E-state index in [1.165, 1.54) is 31.2 Å². The molecule has 1 aliphatic heterocycles. The molecular weight excluding hydrogens is 517 g/mol. The molecule has 40 heavy (non-hydrogen) atoms. The van der Waals surface area contributed by atoms with E-state index in [0.29, 0.717) is 16.9 Å². The fourth-order valence-electron chi connectivity index (χ4n) is 4.45. The number of carbonyl (C=O) groups excluding carboxylic acids is 4. The van der Waals surface area contributed by atoms with Crippen molar-refractivity contribution in [3.8, 4) is 5.75 Å². The molecule has 2 aromatic rings. The van der Waals surface area contributed by atoms with E-state index >= 15 is 0 Å². The molecule has 4 N–H and O–H groups in total. The Kier molecular flexibility index (Phi) is 9.35. The number of esters is 1. The second-order valence-corrected chi connectivity index (χ2v) is 11.3. The van der Waals surface area contributed by atoms with E-state index < -0.39 is 53.4 Å². The smallest absolute Gasteiger partial charge is 0.329 e. The number of nitrogens with one attached hydrogen (secondary N) is 2. The number of carbonyl (C=O) groups is 4. The van der Waals surface area contributed by atoms with Crippen LogP contribution < -0.4 is 21.1 Å². The van der Waals surface area contributed by atoms with Crippen LogP contribution in [-0.4, -0.2) is 47.4 Å². The summed E-state index contributed by atoms with van der Waals surface area (Å²) in [6, 6.07) is 7.07. The van der Waals surface area contributed by atoms with Crippen LogP contribution in [0.2, 0.25) is 0 Å². The van der Waals surface area contributed by atoms with Crippen molar-refractivity contribution in [2.75, 3.05) is 0 Å². The Hall–Kier alpha value is -3.79. The number of fused-ring (bicyclic) bond motifs is 1. The highest BCUT2D eigenvalue weighted by Gasteiger charge is 2.48. The van der Waals surface area contributed by atoms with Crippen molar-refractivity contribution in [3.05, 3.63) is 65.0 Å². The SMILES string of the molecule is CC(=O)c1ccc2c(c1)[C@H](NC(=O)c1ccc(F)cc1)[C@@H](OC(=O)[C@@H](NC(=O)[C@@H](N)C(C)C)C(C)C)C(C)(C)O2. The fourth-order valence-corrected chi connectivity index (χ4v) is 4.45. The first-order valence-corrected chi connectivity index (χ1v) is 13.3. The molecule has 3 rings (SSSR count). The highest BCUT2D eigenvalue weighted by molar-refractivity contribution is 5.96. The van der Waals surface area contributed by atoms with Crippen molar-refractivity contribution in [2.45, 2.75) is 78.3 Å². The minimum Gasteiger partial charge on any atom is -0.484 e. The van der Waals surface area contributed by atoms with E-state index in [0.717, 1.165) is 0 Å². The van der Waals surface area contributed by atoms with Gasteiger partial charge in [0.25, 0.3) is 5.91 Å². The molecule has 0 saturated heterocycles. The molecule has 2 aromatic carbocycles. The molecule has 0 radical (unpaired) electrons. The van der Waals surface area contributed by atoms with Crippen molar-refractivity contribution >= 4 is 23.6 Å². The molecule has 0 aromatic heterocycles. The molecular formula is C30H38FN3O6. The monoisotopic (exact) mass is 555 g/mol. The van der Waals surface area contributed by atoms with Crippen LogP contribution in [0.15, 0.2) is 42.5 Å². The molecule has 1 heterocycles. The highest BCUT2D eigenvalue weighted by atomic mass is 19.1. The van der Waals surface area contributed by atoms with E-state index in [9.17, 15) is 23.6 Å². The topological polar surface area (TPSA) is 137 Å². The summed E-state index contributed by atoms with van der Waals surface area (Å²) in [5, 5.41) is 5.59. The number of amides is 2. The largest absolute Gasteiger partial charge is 0.484 e. The first-order valence-electron chi connectivity index (χ1n) is 13.3. The standard InChI is InChI=1S/C30H38FN3O6/c1-15(2)23(32)28(37)33-24(16(3)4)29(38)39-26-25(34-27(36)18-8-11-20(31)12-9-18)21-14-19(17(5)35)10-13-22(21)40-30(26,6)7/h8-16,23-26H,32H2,1-7H3,(H,33,37)(H,34,36)/t23-,24-,25-,26+/m0/s1. The van der Waals surface area contributed by atoms with Gasteiger partial charge in [-0.3, -0.25) is 14.4 Å². The Bertz CT molecular complexity index is 1270. The van der Waals surface area contributed by atoms with Crippen LogP contribution in [0.1, 0.15) is 80.8 Å². The number of halogens is 1. The third-order valence-corrected chi connectivity index (χ3v) is 6.99. The van der Waals surface area contributed by atoms with Crippen LogP contribution in [0.5, 0.6) is 5.75 Å². The average Bonchev–Trinajstić information content (AvgIpc) is 2.87. The number of benzene rings is 2. The zero-order valence-electron chi connectivity index (χ0n) is 23.9. The second-order valence-electron chi connectivity index (χ2n) is 11.3. The van der Waals surface area contributed by atoms with Gasteiger partial charge in [-0.1, -0.05) is 27.7 Å². The van der Waals surface area contributed by atoms with Gasteiger partial charge in [0.2, 0.25) is 5.91 Å². The Morgan fingerprint density at radius 2 is 1.57 bits per heavy atom. The minimum absolute atomic E-state index is 0.146. The van der Waals surface area contributed by atoms with Gasteiger partial charge in [0.15, 0.2) is 11.9 Å². The van der Waals surface area contributed by atoms with Crippen molar-refractivity contribution < 1.29 is 33.0 Å². The molecule has 0 bridgehead atoms. The van der Waals surface area contributed by atoms with Crippen molar-refractivity contribution in [1.29, 1.82) is 0 Å². The number of hydrogen-bond donors (Lipinski definition) is 3. The van der Waals surface area contributed by atoms with E-state index in [4.69, 9.17) is 15.2 Å². The number of Topliss-reactive ketones (excluding diaryl/α,β-unsaturated/α-hetero) is 1. The molecule has 10 heteroatoms. The first kappa shape index (κ1) is 30.7. The lowest BCUT2D eigenvalue weighted by molar-refractivity contribution is -0.169. The Balaban J connectivity index is 2.01. The van der Waals surface area contributed by atoms with Gasteiger partial charge in [0, 0.05) is 16.7 Å². The summed E-state index contributed by atoms with van der Waals surface area (Å²) in [6.45, 7) is 12.0. The Morgan fingerprint density at radius 3 is 2.12 bits per heavy atom. The van der Waals surface area contributed by atoms with Crippen LogP contribution in [-0.2, 0) is 14.3 Å². The molecule has 0 aliphatic carbocycles. The maximum atomic E-state index is 13.6. The van der Waals surface area contributed by atoms with Gasteiger partial charge in [-0.15, -0.1) is 0 Å². The summed E-state index contributed by atoms with van der Waals surface area (Å²) < 4.78 is 25.7. The predicted octanol–water partition coefficient (Wildman–Crippen LogP) is 3.71. The number of rotatable bonds is 9. The van der Waals surface area contributed by atoms with E-state index in [2.05, 4.69) is 10.6 Å². The summed E-state index contributed by atoms with van der Waals surface area (Å²) in [5.41, 5.74) is 5.85. The number of ketones is 1. The normalized spacial score (nSPS) is 19.2. The molecule has 4 atom stereocenters. The van der Waals surface area contributed by atoms with Crippen LogP contribution >= 0.6 is 0 Å². The molecule has 1 aliphatic rings. The summed E-state index contributed by atoms with van der Waals surface area (Å²) in [7, 11) is 0. The van der Waals surface area contributed by atoms with Crippen molar-refractivity contribution in [1.82, 2.24) is 10.6 Å².